The number of halogens is 2. The number of hydrogen-bond acceptors (Lipinski definition) is 2. The van der Waals surface area contributed by atoms with E-state index in [2.05, 4.69) is 0 Å². The first-order chi connectivity index (χ1) is 1.41. The fourth-order valence-electron chi connectivity index (χ4n) is 0. The molecule has 0 fully saturated rings. The minimum absolute atomic E-state index is 0. The molecule has 0 aromatic heterocycles. The summed E-state index contributed by atoms with van der Waals surface area (Å²) in [7, 11) is 0. The summed E-state index contributed by atoms with van der Waals surface area (Å²) in [4.78, 5) is 0. The molecule has 0 rings (SSSR count). The predicted octanol–water partition coefficient (Wildman–Crippen LogP) is 0.0649. The Labute approximate surface area is 35.4 Å². The first-order valence-electron chi connectivity index (χ1n) is 0.333. The molecule has 5 heavy (non-hydrogen) atoms. The van der Waals surface area contributed by atoms with Crippen LogP contribution in [-0.2, 0) is 25.3 Å². The van der Waals surface area contributed by atoms with Gasteiger partial charge in [0.05, 0.1) is 0 Å². The van der Waals surface area contributed by atoms with Gasteiger partial charge in [0, 0.05) is 0 Å². The summed E-state index contributed by atoms with van der Waals surface area (Å²) >= 11 is -2.25. The van der Waals surface area contributed by atoms with Gasteiger partial charge in [0.15, 0.2) is 0 Å². The van der Waals surface area contributed by atoms with Crippen LogP contribution in [0.25, 0.3) is 0 Å². The van der Waals surface area contributed by atoms with Crippen LogP contribution in [0.4, 0.5) is 9.41 Å². The summed E-state index contributed by atoms with van der Waals surface area (Å²) < 4.78 is 17.1. The van der Waals surface area contributed by atoms with Gasteiger partial charge < -0.3 is 0 Å². The van der Waals surface area contributed by atoms with Crippen LogP contribution in [0.1, 0.15) is 0 Å². The molecule has 0 atom stereocenters. The van der Waals surface area contributed by atoms with E-state index >= 15 is 0 Å². The Kier molecular flexibility index (Phi) is 120. The predicted molar refractivity (Wildman–Crippen MR) is 6.38 cm³/mol. The fourth-order valence-corrected chi connectivity index (χ4v) is 0. The van der Waals surface area contributed by atoms with Gasteiger partial charge in [-0.25, -0.2) is 0 Å². The Hall–Kier alpha value is 0.148. The maximum atomic E-state index is 8.54. The van der Waals surface area contributed by atoms with Gasteiger partial charge in [-0.2, -0.15) is 0 Å². The van der Waals surface area contributed by atoms with Crippen LogP contribution < -0.4 is 0 Å². The second-order valence-electron chi connectivity index (χ2n) is 0.0680. The van der Waals surface area contributed by atoms with Crippen molar-refractivity contribution in [2.45, 2.75) is 0 Å². The van der Waals surface area contributed by atoms with Crippen molar-refractivity contribution in [3.05, 3.63) is 0 Å². The Bertz CT molecular complexity index is 28.6. The van der Waals surface area contributed by atoms with E-state index in [0.29, 0.717) is 0 Å². The zero-order valence-corrected chi connectivity index (χ0v) is 4.97. The van der Waals surface area contributed by atoms with E-state index in [-0.39, 0.29) is 9.41 Å². The molecule has 2 nitrogen and oxygen atoms in total. The summed E-state index contributed by atoms with van der Waals surface area (Å²) in [5, 5.41) is 0. The van der Waals surface area contributed by atoms with Crippen LogP contribution in [0, 0.1) is 0 Å². The molecular weight excluding hydrogens is 254 g/mol. The van der Waals surface area contributed by atoms with E-state index in [9.17, 15) is 0 Å². The molecule has 0 aliphatic carbocycles. The van der Waals surface area contributed by atoms with Crippen LogP contribution in [0.3, 0.4) is 0 Å². The molecule has 0 saturated carbocycles. The van der Waals surface area contributed by atoms with Crippen molar-refractivity contribution in [2.24, 2.45) is 0 Å². The molecule has 0 aliphatic rings. The third-order valence-electron chi connectivity index (χ3n) is 0. The van der Waals surface area contributed by atoms with Gasteiger partial charge in [0.1, 0.15) is 0 Å². The van der Waals surface area contributed by atoms with E-state index in [1.807, 2.05) is 0 Å². The van der Waals surface area contributed by atoms with Gasteiger partial charge in [-0.15, -0.1) is 0 Å². The third kappa shape index (κ3) is 870. The van der Waals surface area contributed by atoms with Crippen molar-refractivity contribution in [3.63, 3.8) is 0 Å². The maximum absolute atomic E-state index is 8.54. The molecule has 0 aliphatic heterocycles. The molecule has 0 unspecified atom stereocenters. The zero-order chi connectivity index (χ0) is 2.71. The summed E-state index contributed by atoms with van der Waals surface area (Å²) in [6, 6.07) is 0. The van der Waals surface area contributed by atoms with Crippen LogP contribution >= 0.6 is 0 Å². The van der Waals surface area contributed by atoms with Crippen molar-refractivity contribution in [2.75, 3.05) is 0 Å². The normalized spacial score (nSPS) is 2.40. The van der Waals surface area contributed by atoms with Crippen molar-refractivity contribution in [1.82, 2.24) is 0 Å². The number of rotatable bonds is 0. The molecule has 0 radical (unpaired) electrons. The standard InChI is InChI=1S/2FH.2O.W/h2*1H;;;. The summed E-state index contributed by atoms with van der Waals surface area (Å²) in [6.45, 7) is 0. The molecule has 34 valence electrons. The zero-order valence-electron chi connectivity index (χ0n) is 2.04. The van der Waals surface area contributed by atoms with Crippen LogP contribution in [0.5, 0.6) is 0 Å². The quantitative estimate of drug-likeness (QED) is 0.614. The van der Waals surface area contributed by atoms with Gasteiger partial charge in [-0.05, 0) is 0 Å². The first kappa shape index (κ1) is 19.2. The van der Waals surface area contributed by atoms with Gasteiger partial charge >= 0.3 is 25.3 Å². The van der Waals surface area contributed by atoms with E-state index in [1.54, 1.807) is 0 Å². The minimum atomic E-state index is -2.25. The average molecular weight is 256 g/mol. The molecule has 0 aromatic carbocycles. The van der Waals surface area contributed by atoms with Gasteiger partial charge in [-0.3, -0.25) is 9.41 Å². The Morgan fingerprint density at radius 1 is 1.00 bits per heavy atom. The van der Waals surface area contributed by atoms with Gasteiger partial charge in [0.25, 0.3) is 0 Å². The number of hydrogen-bond donors (Lipinski definition) is 0. The van der Waals surface area contributed by atoms with Gasteiger partial charge in [-0.1, -0.05) is 0 Å². The molecule has 0 saturated heterocycles. The monoisotopic (exact) mass is 256 g/mol. The van der Waals surface area contributed by atoms with Crippen LogP contribution in [0.2, 0.25) is 0 Å². The third-order valence-corrected chi connectivity index (χ3v) is 0. The van der Waals surface area contributed by atoms with Crippen molar-refractivity contribution < 1.29 is 34.7 Å². The molecule has 0 heterocycles. The van der Waals surface area contributed by atoms with Crippen molar-refractivity contribution in [3.8, 4) is 0 Å². The summed E-state index contributed by atoms with van der Waals surface area (Å²) in [5.41, 5.74) is 0. The molecule has 0 N–H and O–H groups in total. The fraction of sp³-hybridized carbons (Fsp3) is 0. The van der Waals surface area contributed by atoms with Crippen LogP contribution in [0.15, 0.2) is 0 Å². The van der Waals surface area contributed by atoms with Crippen molar-refractivity contribution in [1.29, 1.82) is 0 Å². The molecular formula is H2F2O2W. The van der Waals surface area contributed by atoms with Gasteiger partial charge in [0.2, 0.25) is 0 Å². The second kappa shape index (κ2) is 31.2. The van der Waals surface area contributed by atoms with E-state index in [1.165, 1.54) is 0 Å². The molecule has 0 aromatic rings. The van der Waals surface area contributed by atoms with E-state index in [4.69, 9.17) is 6.80 Å². The van der Waals surface area contributed by atoms with E-state index in [0.717, 1.165) is 0 Å². The molecule has 0 amide bonds. The molecule has 0 spiro atoms. The average Bonchev–Trinajstić information content (AvgIpc) is 0.918. The Morgan fingerprint density at radius 3 is 1.00 bits per heavy atom. The van der Waals surface area contributed by atoms with E-state index < -0.39 is 18.5 Å². The summed E-state index contributed by atoms with van der Waals surface area (Å²) in [6.07, 6.45) is 0. The second-order valence-corrected chi connectivity index (χ2v) is 0.557. The topological polar surface area (TPSA) is 34.1 Å². The Balaban J connectivity index is -0.0000000200. The first-order valence-corrected chi connectivity index (χ1v) is 2.73. The molecule has 5 heteroatoms. The SMILES string of the molecule is F.F.[O]=[W]=[O]. The van der Waals surface area contributed by atoms with Crippen molar-refractivity contribution >= 4 is 0 Å². The Morgan fingerprint density at radius 2 is 1.00 bits per heavy atom. The molecule has 0 bridgehead atoms. The van der Waals surface area contributed by atoms with Crippen LogP contribution in [-0.4, -0.2) is 0 Å². The summed E-state index contributed by atoms with van der Waals surface area (Å²) in [5.74, 6) is 0.